The average molecular weight is 480 g/mol. The van der Waals surface area contributed by atoms with Gasteiger partial charge in [0.15, 0.2) is 0 Å². The Kier molecular flexibility index (Phi) is 7.23. The monoisotopic (exact) mass is 479 g/mol. The molecule has 1 N–H and O–H groups in total. The summed E-state index contributed by atoms with van der Waals surface area (Å²) in [6.45, 7) is 2.73. The SMILES string of the molecule is COc1ccc(C(=O)N2CCN(c3ccc(NC(=O)c4cc(Cl)ccc4OC)cc3)CC2)cc1. The van der Waals surface area contributed by atoms with Crippen LogP contribution < -0.4 is 19.7 Å². The molecule has 4 rings (SSSR count). The van der Waals surface area contributed by atoms with Crippen LogP contribution in [0.5, 0.6) is 11.5 Å². The van der Waals surface area contributed by atoms with Gasteiger partial charge in [-0.1, -0.05) is 11.6 Å². The minimum atomic E-state index is -0.294. The quantitative estimate of drug-likeness (QED) is 0.560. The predicted octanol–water partition coefficient (Wildman–Crippen LogP) is 4.57. The summed E-state index contributed by atoms with van der Waals surface area (Å²) in [4.78, 5) is 29.6. The number of benzene rings is 3. The molecule has 0 saturated carbocycles. The lowest BCUT2D eigenvalue weighted by molar-refractivity contribution is 0.0746. The van der Waals surface area contributed by atoms with Crippen LogP contribution in [0.4, 0.5) is 11.4 Å². The molecule has 0 atom stereocenters. The Morgan fingerprint density at radius 3 is 2.15 bits per heavy atom. The number of amides is 2. The van der Waals surface area contributed by atoms with Crippen LogP contribution >= 0.6 is 11.6 Å². The molecule has 3 aromatic carbocycles. The van der Waals surface area contributed by atoms with E-state index in [0.717, 1.165) is 24.5 Å². The summed E-state index contributed by atoms with van der Waals surface area (Å²) in [5.74, 6) is 0.919. The molecule has 2 amide bonds. The highest BCUT2D eigenvalue weighted by Gasteiger charge is 2.22. The van der Waals surface area contributed by atoms with E-state index < -0.39 is 0 Å². The van der Waals surface area contributed by atoms with Crippen LogP contribution in [0.1, 0.15) is 20.7 Å². The maximum Gasteiger partial charge on any atom is 0.259 e. The van der Waals surface area contributed by atoms with Crippen molar-refractivity contribution < 1.29 is 19.1 Å². The number of hydrogen-bond donors (Lipinski definition) is 1. The van der Waals surface area contributed by atoms with Crippen molar-refractivity contribution in [3.8, 4) is 11.5 Å². The van der Waals surface area contributed by atoms with Gasteiger partial charge in [-0.2, -0.15) is 0 Å². The highest BCUT2D eigenvalue weighted by atomic mass is 35.5. The van der Waals surface area contributed by atoms with Gasteiger partial charge in [0.25, 0.3) is 11.8 Å². The van der Waals surface area contributed by atoms with Crippen molar-refractivity contribution in [2.75, 3.05) is 50.6 Å². The van der Waals surface area contributed by atoms with Gasteiger partial charge in [-0.15, -0.1) is 0 Å². The standard InChI is InChI=1S/C26H26ClN3O4/c1-33-22-10-3-18(4-11-22)26(32)30-15-13-29(14-16-30)21-8-6-20(7-9-21)28-25(31)23-17-19(27)5-12-24(23)34-2/h3-12,17H,13-16H2,1-2H3,(H,28,31). The van der Waals surface area contributed by atoms with Gasteiger partial charge in [-0.05, 0) is 66.7 Å². The molecule has 8 heteroatoms. The van der Waals surface area contributed by atoms with E-state index in [4.69, 9.17) is 21.1 Å². The fourth-order valence-corrected chi connectivity index (χ4v) is 4.07. The minimum absolute atomic E-state index is 0.0248. The molecule has 0 aromatic heterocycles. The number of ether oxygens (including phenoxy) is 2. The highest BCUT2D eigenvalue weighted by Crippen LogP contribution is 2.25. The molecule has 3 aromatic rings. The van der Waals surface area contributed by atoms with Gasteiger partial charge in [-0.3, -0.25) is 9.59 Å². The largest absolute Gasteiger partial charge is 0.497 e. The summed E-state index contributed by atoms with van der Waals surface area (Å²) in [7, 11) is 3.12. The Bertz CT molecular complexity index is 1160. The lowest BCUT2D eigenvalue weighted by Gasteiger charge is -2.36. The second-order valence-corrected chi connectivity index (χ2v) is 8.29. The molecular weight excluding hydrogens is 454 g/mol. The van der Waals surface area contributed by atoms with Gasteiger partial charge < -0.3 is 24.6 Å². The summed E-state index contributed by atoms with van der Waals surface area (Å²) in [5.41, 5.74) is 2.74. The number of hydrogen-bond acceptors (Lipinski definition) is 5. The van der Waals surface area contributed by atoms with Crippen molar-refractivity contribution in [2.45, 2.75) is 0 Å². The molecule has 1 aliphatic rings. The van der Waals surface area contributed by atoms with Crippen LogP contribution in [-0.2, 0) is 0 Å². The van der Waals surface area contributed by atoms with Gasteiger partial charge >= 0.3 is 0 Å². The number of methoxy groups -OCH3 is 2. The Morgan fingerprint density at radius 2 is 1.53 bits per heavy atom. The van der Waals surface area contributed by atoms with E-state index in [2.05, 4.69) is 10.2 Å². The van der Waals surface area contributed by atoms with Gasteiger partial charge in [0, 0.05) is 48.1 Å². The molecule has 34 heavy (non-hydrogen) atoms. The first kappa shape index (κ1) is 23.4. The third-order valence-corrected chi connectivity index (χ3v) is 6.04. The van der Waals surface area contributed by atoms with E-state index in [1.807, 2.05) is 29.2 Å². The second kappa shape index (κ2) is 10.5. The third-order valence-electron chi connectivity index (χ3n) is 5.80. The van der Waals surface area contributed by atoms with Crippen molar-refractivity contribution in [2.24, 2.45) is 0 Å². The third kappa shape index (κ3) is 5.26. The maximum atomic E-state index is 12.8. The summed E-state index contributed by atoms with van der Waals surface area (Å²) >= 11 is 6.03. The molecule has 1 fully saturated rings. The molecule has 0 bridgehead atoms. The maximum absolute atomic E-state index is 12.8. The second-order valence-electron chi connectivity index (χ2n) is 7.85. The topological polar surface area (TPSA) is 71.1 Å². The predicted molar refractivity (Wildman–Crippen MR) is 134 cm³/mol. The Morgan fingerprint density at radius 1 is 0.853 bits per heavy atom. The molecule has 1 saturated heterocycles. The van der Waals surface area contributed by atoms with Gasteiger partial charge in [0.2, 0.25) is 0 Å². The van der Waals surface area contributed by atoms with Crippen LogP contribution in [0.3, 0.4) is 0 Å². The lowest BCUT2D eigenvalue weighted by Crippen LogP contribution is -2.48. The first-order chi connectivity index (χ1) is 16.5. The zero-order valence-electron chi connectivity index (χ0n) is 19.1. The van der Waals surface area contributed by atoms with Crippen LogP contribution in [0, 0.1) is 0 Å². The minimum Gasteiger partial charge on any atom is -0.497 e. The molecule has 0 radical (unpaired) electrons. The van der Waals surface area contributed by atoms with E-state index in [-0.39, 0.29) is 11.8 Å². The van der Waals surface area contributed by atoms with Crippen LogP contribution in [0.25, 0.3) is 0 Å². The summed E-state index contributed by atoms with van der Waals surface area (Å²) in [5, 5.41) is 3.34. The van der Waals surface area contributed by atoms with Crippen LogP contribution in [0.2, 0.25) is 5.02 Å². The number of halogens is 1. The summed E-state index contributed by atoms with van der Waals surface area (Å²) in [6, 6.07) is 19.7. The zero-order chi connectivity index (χ0) is 24.1. The average Bonchev–Trinajstić information content (AvgIpc) is 2.89. The van der Waals surface area contributed by atoms with Gasteiger partial charge in [-0.25, -0.2) is 0 Å². The number of rotatable bonds is 6. The fourth-order valence-electron chi connectivity index (χ4n) is 3.90. The van der Waals surface area contributed by atoms with E-state index in [1.54, 1.807) is 49.6 Å². The summed E-state index contributed by atoms with van der Waals surface area (Å²) in [6.07, 6.45) is 0. The zero-order valence-corrected chi connectivity index (χ0v) is 19.8. The molecule has 0 aliphatic carbocycles. The molecule has 1 aliphatic heterocycles. The van der Waals surface area contributed by atoms with Gasteiger partial charge in [0.1, 0.15) is 11.5 Å². The van der Waals surface area contributed by atoms with Crippen molar-refractivity contribution in [3.05, 3.63) is 82.9 Å². The number of carbonyl (C=O) groups is 2. The van der Waals surface area contributed by atoms with Crippen molar-refractivity contribution in [1.82, 2.24) is 4.90 Å². The van der Waals surface area contributed by atoms with E-state index in [0.29, 0.717) is 40.7 Å². The number of carbonyl (C=O) groups excluding carboxylic acids is 2. The fraction of sp³-hybridized carbons (Fsp3) is 0.231. The van der Waals surface area contributed by atoms with Crippen molar-refractivity contribution in [1.29, 1.82) is 0 Å². The molecule has 176 valence electrons. The van der Waals surface area contributed by atoms with Crippen LogP contribution in [0.15, 0.2) is 66.7 Å². The Labute approximate surface area is 203 Å². The first-order valence-electron chi connectivity index (χ1n) is 10.9. The molecule has 7 nitrogen and oxygen atoms in total. The smallest absolute Gasteiger partial charge is 0.259 e. The number of nitrogens with zero attached hydrogens (tertiary/aromatic N) is 2. The highest BCUT2D eigenvalue weighted by molar-refractivity contribution is 6.31. The summed E-state index contributed by atoms with van der Waals surface area (Å²) < 4.78 is 10.4. The van der Waals surface area contributed by atoms with E-state index in [1.165, 1.54) is 7.11 Å². The van der Waals surface area contributed by atoms with E-state index >= 15 is 0 Å². The molecule has 0 unspecified atom stereocenters. The number of piperazine rings is 1. The molecule has 1 heterocycles. The van der Waals surface area contributed by atoms with Crippen LogP contribution in [-0.4, -0.2) is 57.1 Å². The van der Waals surface area contributed by atoms with Crippen molar-refractivity contribution >= 4 is 34.8 Å². The number of anilines is 2. The lowest BCUT2D eigenvalue weighted by atomic mass is 10.1. The molecule has 0 spiro atoms. The Balaban J connectivity index is 1.34. The van der Waals surface area contributed by atoms with Crippen molar-refractivity contribution in [3.63, 3.8) is 0 Å². The van der Waals surface area contributed by atoms with Gasteiger partial charge in [0.05, 0.1) is 19.8 Å². The first-order valence-corrected chi connectivity index (χ1v) is 11.3. The normalized spacial score (nSPS) is 13.4. The number of nitrogens with one attached hydrogen (secondary N) is 1. The molecular formula is C26H26ClN3O4. The Hall–Kier alpha value is -3.71. The van der Waals surface area contributed by atoms with E-state index in [9.17, 15) is 9.59 Å².